The van der Waals surface area contributed by atoms with E-state index in [0.29, 0.717) is 6.04 Å². The second-order valence-corrected chi connectivity index (χ2v) is 3.03. The molecule has 0 radical (unpaired) electrons. The highest BCUT2D eigenvalue weighted by Crippen LogP contribution is 2.07. The molecule has 1 heterocycles. The Kier molecular flexibility index (Phi) is 2.70. The summed E-state index contributed by atoms with van der Waals surface area (Å²) in [6.07, 6.45) is 0.882. The summed E-state index contributed by atoms with van der Waals surface area (Å²) in [4.78, 5) is 10.2. The van der Waals surface area contributed by atoms with E-state index in [0.717, 1.165) is 19.4 Å². The fourth-order valence-corrected chi connectivity index (χ4v) is 1.44. The molecule has 11 heavy (non-hydrogen) atoms. The second kappa shape index (κ2) is 3.57. The van der Waals surface area contributed by atoms with E-state index in [4.69, 9.17) is 5.11 Å². The average molecular weight is 158 g/mol. The molecule has 1 amide bonds. The quantitative estimate of drug-likeness (QED) is 0.517. The van der Waals surface area contributed by atoms with Crippen molar-refractivity contribution in [2.24, 2.45) is 0 Å². The third kappa shape index (κ3) is 2.76. The van der Waals surface area contributed by atoms with E-state index in [9.17, 15) is 4.79 Å². The Labute approximate surface area is 66.0 Å². The normalized spacial score (nSPS) is 31.4. The zero-order chi connectivity index (χ0) is 8.27. The minimum atomic E-state index is -0.913. The van der Waals surface area contributed by atoms with Crippen LogP contribution >= 0.6 is 0 Å². The van der Waals surface area contributed by atoms with E-state index in [1.165, 1.54) is 0 Å². The average Bonchev–Trinajstić information content (AvgIpc) is 1.85. The van der Waals surface area contributed by atoms with Gasteiger partial charge in [0.05, 0.1) is 0 Å². The Balaban J connectivity index is 2.28. The van der Waals surface area contributed by atoms with Gasteiger partial charge in [-0.25, -0.2) is 4.79 Å². The Hall–Kier alpha value is -0.770. The van der Waals surface area contributed by atoms with Crippen molar-refractivity contribution >= 4 is 6.09 Å². The number of piperidine rings is 1. The van der Waals surface area contributed by atoms with Crippen LogP contribution in [-0.4, -0.2) is 29.8 Å². The molecule has 0 aromatic carbocycles. The number of hydrogen-bond acceptors (Lipinski definition) is 2. The van der Waals surface area contributed by atoms with Gasteiger partial charge in [0.15, 0.2) is 0 Å². The lowest BCUT2D eigenvalue weighted by Gasteiger charge is -2.27. The molecule has 0 aromatic rings. The Bertz CT molecular complexity index is 149. The van der Waals surface area contributed by atoms with Crippen molar-refractivity contribution in [1.82, 2.24) is 10.6 Å². The Morgan fingerprint density at radius 1 is 1.73 bits per heavy atom. The fourth-order valence-electron chi connectivity index (χ4n) is 1.44. The maximum atomic E-state index is 10.2. The summed E-state index contributed by atoms with van der Waals surface area (Å²) in [6, 6.07) is 0.573. The van der Waals surface area contributed by atoms with Gasteiger partial charge in [-0.2, -0.15) is 0 Å². The molecular weight excluding hydrogens is 144 g/mol. The van der Waals surface area contributed by atoms with Crippen molar-refractivity contribution in [3.63, 3.8) is 0 Å². The Morgan fingerprint density at radius 3 is 3.00 bits per heavy atom. The lowest BCUT2D eigenvalue weighted by Crippen LogP contribution is -2.46. The molecular formula is C7H14N2O2. The van der Waals surface area contributed by atoms with Gasteiger partial charge in [0.25, 0.3) is 0 Å². The first-order chi connectivity index (χ1) is 5.18. The molecule has 1 unspecified atom stereocenters. The first-order valence-corrected chi connectivity index (χ1v) is 3.91. The molecule has 4 heteroatoms. The van der Waals surface area contributed by atoms with Crippen molar-refractivity contribution in [3.05, 3.63) is 0 Å². The van der Waals surface area contributed by atoms with E-state index in [-0.39, 0.29) is 6.04 Å². The molecule has 1 rings (SSSR count). The van der Waals surface area contributed by atoms with Crippen molar-refractivity contribution in [1.29, 1.82) is 0 Å². The van der Waals surface area contributed by atoms with E-state index < -0.39 is 6.09 Å². The van der Waals surface area contributed by atoms with Crippen molar-refractivity contribution in [3.8, 4) is 0 Å². The molecule has 3 N–H and O–H groups in total. The van der Waals surface area contributed by atoms with Crippen LogP contribution in [0.2, 0.25) is 0 Å². The van der Waals surface area contributed by atoms with Crippen LogP contribution in [0.1, 0.15) is 19.8 Å². The van der Waals surface area contributed by atoms with Gasteiger partial charge in [0.1, 0.15) is 0 Å². The maximum absolute atomic E-state index is 10.2. The summed E-state index contributed by atoms with van der Waals surface area (Å²) in [5, 5.41) is 14.2. The first-order valence-electron chi connectivity index (χ1n) is 3.91. The molecule has 1 fully saturated rings. The molecule has 0 aromatic heterocycles. The van der Waals surface area contributed by atoms with Gasteiger partial charge in [-0.3, -0.25) is 0 Å². The van der Waals surface area contributed by atoms with Crippen LogP contribution in [0.4, 0.5) is 4.79 Å². The minimum absolute atomic E-state index is 0.142. The number of amides is 1. The number of carboxylic acid groups (broad SMARTS) is 1. The van der Waals surface area contributed by atoms with Gasteiger partial charge in [-0.1, -0.05) is 0 Å². The molecule has 0 saturated carbocycles. The highest BCUT2D eigenvalue weighted by molar-refractivity contribution is 5.64. The second-order valence-electron chi connectivity index (χ2n) is 3.03. The van der Waals surface area contributed by atoms with Crippen molar-refractivity contribution < 1.29 is 9.90 Å². The highest BCUT2D eigenvalue weighted by atomic mass is 16.4. The molecule has 1 aliphatic heterocycles. The van der Waals surface area contributed by atoms with Crippen LogP contribution in [0, 0.1) is 0 Å². The Morgan fingerprint density at radius 2 is 2.45 bits per heavy atom. The summed E-state index contributed by atoms with van der Waals surface area (Å²) in [5.41, 5.74) is 0. The van der Waals surface area contributed by atoms with Gasteiger partial charge >= 0.3 is 6.09 Å². The largest absolute Gasteiger partial charge is 0.465 e. The van der Waals surface area contributed by atoms with Gasteiger partial charge in [-0.15, -0.1) is 0 Å². The lowest BCUT2D eigenvalue weighted by atomic mass is 10.0. The zero-order valence-electron chi connectivity index (χ0n) is 6.63. The molecule has 2 atom stereocenters. The van der Waals surface area contributed by atoms with Gasteiger partial charge in [0, 0.05) is 12.1 Å². The smallest absolute Gasteiger partial charge is 0.404 e. The minimum Gasteiger partial charge on any atom is -0.465 e. The highest BCUT2D eigenvalue weighted by Gasteiger charge is 2.18. The lowest BCUT2D eigenvalue weighted by molar-refractivity contribution is 0.184. The predicted octanol–water partition coefficient (Wildman–Crippen LogP) is 0.394. The summed E-state index contributed by atoms with van der Waals surface area (Å²) >= 11 is 0. The molecule has 1 aliphatic rings. The summed E-state index contributed by atoms with van der Waals surface area (Å²) in [5.74, 6) is 0. The molecule has 0 aliphatic carbocycles. The summed E-state index contributed by atoms with van der Waals surface area (Å²) in [6.45, 7) is 2.97. The third-order valence-corrected chi connectivity index (χ3v) is 1.95. The standard InChI is InChI=1S/C7H14N2O2/c1-5-4-6(2-3-8-5)9-7(10)11/h5-6,8-9H,2-4H2,1H3,(H,10,11)/t5-,6?/m1/s1. The third-order valence-electron chi connectivity index (χ3n) is 1.95. The number of hydrogen-bond donors (Lipinski definition) is 3. The van der Waals surface area contributed by atoms with Crippen LogP contribution in [0.15, 0.2) is 0 Å². The van der Waals surface area contributed by atoms with Crippen molar-refractivity contribution in [2.75, 3.05) is 6.54 Å². The maximum Gasteiger partial charge on any atom is 0.404 e. The van der Waals surface area contributed by atoms with Crippen LogP contribution < -0.4 is 10.6 Å². The van der Waals surface area contributed by atoms with Crippen molar-refractivity contribution in [2.45, 2.75) is 31.8 Å². The summed E-state index contributed by atoms with van der Waals surface area (Å²) in [7, 11) is 0. The fraction of sp³-hybridized carbons (Fsp3) is 0.857. The van der Waals surface area contributed by atoms with E-state index in [2.05, 4.69) is 17.6 Å². The predicted molar refractivity (Wildman–Crippen MR) is 41.6 cm³/mol. The molecule has 64 valence electrons. The van der Waals surface area contributed by atoms with E-state index in [1.54, 1.807) is 0 Å². The SMILES string of the molecule is C[C@@H]1CC(NC(=O)O)CCN1. The number of carbonyl (C=O) groups is 1. The van der Waals surface area contributed by atoms with Crippen LogP contribution in [-0.2, 0) is 0 Å². The zero-order valence-corrected chi connectivity index (χ0v) is 6.63. The van der Waals surface area contributed by atoms with Gasteiger partial charge in [0.2, 0.25) is 0 Å². The monoisotopic (exact) mass is 158 g/mol. The van der Waals surface area contributed by atoms with E-state index >= 15 is 0 Å². The van der Waals surface area contributed by atoms with Crippen LogP contribution in [0.25, 0.3) is 0 Å². The first kappa shape index (κ1) is 8.33. The number of nitrogens with one attached hydrogen (secondary N) is 2. The molecule has 4 nitrogen and oxygen atoms in total. The van der Waals surface area contributed by atoms with Gasteiger partial charge in [-0.05, 0) is 26.3 Å². The van der Waals surface area contributed by atoms with Gasteiger partial charge < -0.3 is 15.7 Å². The molecule has 0 bridgehead atoms. The topological polar surface area (TPSA) is 61.4 Å². The molecule has 1 saturated heterocycles. The summed E-state index contributed by atoms with van der Waals surface area (Å²) < 4.78 is 0. The van der Waals surface area contributed by atoms with Crippen LogP contribution in [0.3, 0.4) is 0 Å². The van der Waals surface area contributed by atoms with Crippen LogP contribution in [0.5, 0.6) is 0 Å². The number of rotatable bonds is 1. The van der Waals surface area contributed by atoms with E-state index in [1.807, 2.05) is 0 Å². The molecule has 0 spiro atoms.